The van der Waals surface area contributed by atoms with Crippen LogP contribution in [0.5, 0.6) is 0 Å². The van der Waals surface area contributed by atoms with Crippen molar-refractivity contribution in [3.05, 3.63) is 0 Å². The lowest BCUT2D eigenvalue weighted by atomic mass is 9.59. The van der Waals surface area contributed by atoms with Crippen LogP contribution in [0.25, 0.3) is 0 Å². The van der Waals surface area contributed by atoms with Gasteiger partial charge in [-0.2, -0.15) is 0 Å². The predicted molar refractivity (Wildman–Crippen MR) is 101 cm³/mol. The van der Waals surface area contributed by atoms with Crippen LogP contribution in [-0.2, 0) is 4.79 Å². The Morgan fingerprint density at radius 2 is 1.26 bits per heavy atom. The second-order valence-electron chi connectivity index (χ2n) is 10.7. The minimum Gasteiger partial charge on any atom is -0.481 e. The standard InChI is InChI=1S/C21H42O2/c1-19(2,3)15-17(21(7,8)9)16(20(4,5)6)13-11-10-12-14-18(22)23/h16-17H,10-15H2,1-9H3,(H,22,23). The lowest BCUT2D eigenvalue weighted by Crippen LogP contribution is -2.38. The van der Waals surface area contributed by atoms with Crippen molar-refractivity contribution >= 4 is 5.97 Å². The van der Waals surface area contributed by atoms with Gasteiger partial charge in [-0.25, -0.2) is 0 Å². The molecule has 0 aromatic heterocycles. The summed E-state index contributed by atoms with van der Waals surface area (Å²) in [5, 5.41) is 8.77. The minimum absolute atomic E-state index is 0.288. The van der Waals surface area contributed by atoms with Crippen LogP contribution in [0.15, 0.2) is 0 Å². The van der Waals surface area contributed by atoms with E-state index in [-0.39, 0.29) is 5.41 Å². The van der Waals surface area contributed by atoms with E-state index in [4.69, 9.17) is 5.11 Å². The van der Waals surface area contributed by atoms with Crippen LogP contribution in [0.3, 0.4) is 0 Å². The molecular formula is C21H42O2. The summed E-state index contributed by atoms with van der Waals surface area (Å²) in [5.41, 5.74) is 0.924. The predicted octanol–water partition coefficient (Wildman–Crippen LogP) is 6.78. The number of aliphatic carboxylic acids is 1. The summed E-state index contributed by atoms with van der Waals surface area (Å²) in [5.74, 6) is 0.686. The van der Waals surface area contributed by atoms with Gasteiger partial charge in [0.25, 0.3) is 0 Å². The summed E-state index contributed by atoms with van der Waals surface area (Å²) in [6.45, 7) is 21.3. The Hall–Kier alpha value is -0.530. The van der Waals surface area contributed by atoms with Crippen molar-refractivity contribution in [2.24, 2.45) is 28.1 Å². The first-order chi connectivity index (χ1) is 10.1. The Morgan fingerprint density at radius 1 is 0.783 bits per heavy atom. The van der Waals surface area contributed by atoms with Crippen LogP contribution in [0.1, 0.15) is 101 Å². The highest BCUT2D eigenvalue weighted by Crippen LogP contribution is 2.48. The van der Waals surface area contributed by atoms with E-state index >= 15 is 0 Å². The molecule has 2 nitrogen and oxygen atoms in total. The van der Waals surface area contributed by atoms with Gasteiger partial charge in [0.2, 0.25) is 0 Å². The van der Waals surface area contributed by atoms with Gasteiger partial charge >= 0.3 is 5.97 Å². The molecule has 0 saturated heterocycles. The Balaban J connectivity index is 4.99. The Kier molecular flexibility index (Phi) is 8.34. The molecule has 0 aromatic rings. The van der Waals surface area contributed by atoms with Crippen molar-refractivity contribution in [3.8, 4) is 0 Å². The van der Waals surface area contributed by atoms with Crippen LogP contribution in [0.4, 0.5) is 0 Å². The van der Waals surface area contributed by atoms with Crippen molar-refractivity contribution in [2.75, 3.05) is 0 Å². The SMILES string of the molecule is CC(C)(C)CC(C(CCCCCC(=O)O)C(C)(C)C)C(C)(C)C. The van der Waals surface area contributed by atoms with Crippen molar-refractivity contribution in [2.45, 2.75) is 101 Å². The Morgan fingerprint density at radius 3 is 1.61 bits per heavy atom. The van der Waals surface area contributed by atoms with Gasteiger partial charge in [-0.3, -0.25) is 4.79 Å². The lowest BCUT2D eigenvalue weighted by Gasteiger charge is -2.46. The third-order valence-electron chi connectivity index (χ3n) is 4.95. The van der Waals surface area contributed by atoms with Crippen molar-refractivity contribution in [1.29, 1.82) is 0 Å². The highest BCUT2D eigenvalue weighted by atomic mass is 16.4. The normalized spacial score (nSPS) is 16.2. The van der Waals surface area contributed by atoms with Gasteiger partial charge in [0, 0.05) is 6.42 Å². The number of carbonyl (C=O) groups is 1. The van der Waals surface area contributed by atoms with E-state index in [2.05, 4.69) is 62.3 Å². The molecule has 0 amide bonds. The zero-order chi connectivity index (χ0) is 18.5. The summed E-state index contributed by atoms with van der Waals surface area (Å²) in [4.78, 5) is 10.7. The van der Waals surface area contributed by atoms with Crippen LogP contribution in [0.2, 0.25) is 0 Å². The highest BCUT2D eigenvalue weighted by molar-refractivity contribution is 5.66. The van der Waals surface area contributed by atoms with Gasteiger partial charge in [0.15, 0.2) is 0 Å². The Bertz CT molecular complexity index is 350. The molecular weight excluding hydrogens is 284 g/mol. The molecule has 0 aromatic carbocycles. The first-order valence-corrected chi connectivity index (χ1v) is 9.36. The molecule has 2 heteroatoms. The third-order valence-corrected chi connectivity index (χ3v) is 4.95. The van der Waals surface area contributed by atoms with Gasteiger partial charge in [-0.15, -0.1) is 0 Å². The Labute approximate surface area is 145 Å². The van der Waals surface area contributed by atoms with E-state index in [9.17, 15) is 4.79 Å². The number of hydrogen-bond acceptors (Lipinski definition) is 1. The fourth-order valence-electron chi connectivity index (χ4n) is 3.77. The van der Waals surface area contributed by atoms with Crippen LogP contribution in [0, 0.1) is 28.1 Å². The van der Waals surface area contributed by atoms with E-state index in [1.807, 2.05) is 0 Å². The molecule has 1 N–H and O–H groups in total. The van der Waals surface area contributed by atoms with Crippen molar-refractivity contribution < 1.29 is 9.90 Å². The van der Waals surface area contributed by atoms with Crippen molar-refractivity contribution in [3.63, 3.8) is 0 Å². The number of rotatable bonds is 8. The first kappa shape index (κ1) is 22.5. The molecule has 0 aliphatic carbocycles. The fraction of sp³-hybridized carbons (Fsp3) is 0.952. The highest BCUT2D eigenvalue weighted by Gasteiger charge is 2.39. The number of unbranched alkanes of at least 4 members (excludes halogenated alkanes) is 2. The summed E-state index contributed by atoms with van der Waals surface area (Å²) in [7, 11) is 0. The smallest absolute Gasteiger partial charge is 0.303 e. The van der Waals surface area contributed by atoms with Crippen molar-refractivity contribution in [1.82, 2.24) is 0 Å². The summed E-state index contributed by atoms with van der Waals surface area (Å²) < 4.78 is 0. The van der Waals surface area contributed by atoms with Gasteiger partial charge in [-0.1, -0.05) is 75.2 Å². The molecule has 0 bridgehead atoms. The third kappa shape index (κ3) is 10.0. The minimum atomic E-state index is -0.669. The molecule has 0 radical (unpaired) electrons. The molecule has 0 heterocycles. The maximum Gasteiger partial charge on any atom is 0.303 e. The van der Waals surface area contributed by atoms with Gasteiger partial charge in [0.05, 0.1) is 0 Å². The van der Waals surface area contributed by atoms with Crippen LogP contribution < -0.4 is 0 Å². The second-order valence-corrected chi connectivity index (χ2v) is 10.7. The monoisotopic (exact) mass is 326 g/mol. The zero-order valence-corrected chi connectivity index (χ0v) is 17.3. The largest absolute Gasteiger partial charge is 0.481 e. The van der Waals surface area contributed by atoms with Gasteiger partial charge < -0.3 is 5.11 Å². The van der Waals surface area contributed by atoms with Gasteiger partial charge in [-0.05, 0) is 47.3 Å². The molecule has 2 atom stereocenters. The number of hydrogen-bond donors (Lipinski definition) is 1. The van der Waals surface area contributed by atoms with Gasteiger partial charge in [0.1, 0.15) is 0 Å². The maximum absolute atomic E-state index is 10.7. The molecule has 0 aliphatic heterocycles. The first-order valence-electron chi connectivity index (χ1n) is 9.36. The van der Waals surface area contributed by atoms with E-state index in [0.29, 0.717) is 29.1 Å². The summed E-state index contributed by atoms with van der Waals surface area (Å²) in [6.07, 6.45) is 5.75. The van der Waals surface area contributed by atoms with Crippen LogP contribution in [-0.4, -0.2) is 11.1 Å². The lowest BCUT2D eigenvalue weighted by molar-refractivity contribution is -0.137. The molecule has 0 rings (SSSR count). The topological polar surface area (TPSA) is 37.3 Å². The molecule has 138 valence electrons. The summed E-state index contributed by atoms with van der Waals surface area (Å²) >= 11 is 0. The van der Waals surface area contributed by atoms with E-state index in [1.165, 1.54) is 12.8 Å². The fourth-order valence-corrected chi connectivity index (χ4v) is 3.77. The molecule has 0 fully saturated rings. The van der Waals surface area contributed by atoms with E-state index in [0.717, 1.165) is 19.3 Å². The quantitative estimate of drug-likeness (QED) is 0.499. The average Bonchev–Trinajstić information content (AvgIpc) is 2.26. The van der Waals surface area contributed by atoms with E-state index in [1.54, 1.807) is 0 Å². The molecule has 0 aliphatic rings. The average molecular weight is 327 g/mol. The molecule has 23 heavy (non-hydrogen) atoms. The van der Waals surface area contributed by atoms with E-state index < -0.39 is 5.97 Å². The molecule has 2 unspecified atom stereocenters. The number of carboxylic acids is 1. The second kappa shape index (κ2) is 8.53. The van der Waals surface area contributed by atoms with Crippen LogP contribution >= 0.6 is 0 Å². The number of carboxylic acid groups (broad SMARTS) is 1. The molecule has 0 saturated carbocycles. The summed E-state index contributed by atoms with van der Waals surface area (Å²) in [6, 6.07) is 0. The zero-order valence-electron chi connectivity index (χ0n) is 17.3. The molecule has 0 spiro atoms. The maximum atomic E-state index is 10.7.